The second-order valence-electron chi connectivity index (χ2n) is 3.06. The molecule has 0 aliphatic heterocycles. The van der Waals surface area contributed by atoms with E-state index in [1.165, 1.54) is 0 Å². The minimum absolute atomic E-state index is 0.222. The van der Waals surface area contributed by atoms with E-state index in [0.29, 0.717) is 5.69 Å². The Bertz CT molecular complexity index is 338. The quantitative estimate of drug-likeness (QED) is 0.866. The third-order valence-electron chi connectivity index (χ3n) is 1.92. The fourth-order valence-electron chi connectivity index (χ4n) is 1.30. The van der Waals surface area contributed by atoms with Gasteiger partial charge in [-0.15, -0.1) is 0 Å². The Balaban J connectivity index is 3.00. The van der Waals surface area contributed by atoms with Gasteiger partial charge >= 0.3 is 5.97 Å². The molecule has 0 radical (unpaired) electrons. The number of aromatic nitrogens is 1. The van der Waals surface area contributed by atoms with Crippen LogP contribution in [0.15, 0.2) is 12.3 Å². The first-order chi connectivity index (χ1) is 6.56. The highest BCUT2D eigenvalue weighted by molar-refractivity contribution is 14.1. The number of carboxylic acid groups (broad SMARTS) is 1. The molecule has 0 bridgehead atoms. The van der Waals surface area contributed by atoms with Crippen LogP contribution in [-0.4, -0.2) is 27.7 Å². The largest absolute Gasteiger partial charge is 0.477 e. The van der Waals surface area contributed by atoms with Gasteiger partial charge in [0.1, 0.15) is 5.69 Å². The average Bonchev–Trinajstić information content (AvgIpc) is 2.48. The van der Waals surface area contributed by atoms with Crippen molar-refractivity contribution in [2.45, 2.75) is 13.0 Å². The van der Waals surface area contributed by atoms with Crippen LogP contribution in [0.4, 0.5) is 0 Å². The standard InChI is InChI=1S/C9H12INO2S/c1-6(5-14-2)11-4-7(10)3-8(11)9(12)13/h3-4,6H,5H2,1-2H3,(H,12,13). The van der Waals surface area contributed by atoms with Crippen LogP contribution < -0.4 is 0 Å². The summed E-state index contributed by atoms with van der Waals surface area (Å²) in [5.41, 5.74) is 0.371. The number of hydrogen-bond donors (Lipinski definition) is 1. The molecule has 3 nitrogen and oxygen atoms in total. The highest BCUT2D eigenvalue weighted by Crippen LogP contribution is 2.19. The average molecular weight is 325 g/mol. The molecule has 1 rings (SSSR count). The van der Waals surface area contributed by atoms with Crippen molar-refractivity contribution in [3.8, 4) is 0 Å². The zero-order valence-corrected chi connectivity index (χ0v) is 11.0. The first-order valence-corrected chi connectivity index (χ1v) is 6.63. The Kier molecular flexibility index (Phi) is 4.31. The summed E-state index contributed by atoms with van der Waals surface area (Å²) in [5.74, 6) is 0.0614. The van der Waals surface area contributed by atoms with Crippen LogP contribution in [0.1, 0.15) is 23.5 Å². The van der Waals surface area contributed by atoms with Crippen LogP contribution in [0.2, 0.25) is 0 Å². The molecule has 1 unspecified atom stereocenters. The van der Waals surface area contributed by atoms with Gasteiger partial charge in [0.25, 0.3) is 0 Å². The number of halogens is 1. The van der Waals surface area contributed by atoms with E-state index in [2.05, 4.69) is 22.6 Å². The van der Waals surface area contributed by atoms with E-state index in [-0.39, 0.29) is 6.04 Å². The van der Waals surface area contributed by atoms with Gasteiger partial charge in [-0.25, -0.2) is 4.79 Å². The van der Waals surface area contributed by atoms with Gasteiger partial charge in [0, 0.05) is 21.6 Å². The highest BCUT2D eigenvalue weighted by atomic mass is 127. The molecule has 1 N–H and O–H groups in total. The van der Waals surface area contributed by atoms with Crippen LogP contribution in [0, 0.1) is 3.57 Å². The van der Waals surface area contributed by atoms with Crippen LogP contribution in [0.25, 0.3) is 0 Å². The Morgan fingerprint density at radius 3 is 2.93 bits per heavy atom. The molecule has 1 aromatic rings. The van der Waals surface area contributed by atoms with Gasteiger partial charge in [0.05, 0.1) is 0 Å². The molecule has 1 heterocycles. The van der Waals surface area contributed by atoms with Crippen LogP contribution in [0.3, 0.4) is 0 Å². The second-order valence-corrected chi connectivity index (χ2v) is 5.22. The Morgan fingerprint density at radius 2 is 2.43 bits per heavy atom. The summed E-state index contributed by atoms with van der Waals surface area (Å²) in [5, 5.41) is 8.97. The molecule has 5 heteroatoms. The number of rotatable bonds is 4. The fourth-order valence-corrected chi connectivity index (χ4v) is 2.54. The van der Waals surface area contributed by atoms with Crippen molar-refractivity contribution in [2.75, 3.05) is 12.0 Å². The molecule has 1 aromatic heterocycles. The molecule has 0 saturated heterocycles. The van der Waals surface area contributed by atoms with Crippen molar-refractivity contribution >= 4 is 40.3 Å². The minimum atomic E-state index is -0.860. The molecule has 14 heavy (non-hydrogen) atoms. The monoisotopic (exact) mass is 325 g/mol. The van der Waals surface area contributed by atoms with Crippen molar-refractivity contribution in [1.82, 2.24) is 4.57 Å². The Morgan fingerprint density at radius 1 is 1.79 bits per heavy atom. The van der Waals surface area contributed by atoms with Gasteiger partial charge in [-0.1, -0.05) is 0 Å². The van der Waals surface area contributed by atoms with Gasteiger partial charge in [0.15, 0.2) is 0 Å². The minimum Gasteiger partial charge on any atom is -0.477 e. The predicted molar refractivity (Wildman–Crippen MR) is 67.2 cm³/mol. The zero-order valence-electron chi connectivity index (χ0n) is 8.03. The fraction of sp³-hybridized carbons (Fsp3) is 0.444. The summed E-state index contributed by atoms with van der Waals surface area (Å²) >= 11 is 3.85. The van der Waals surface area contributed by atoms with Crippen molar-refractivity contribution in [3.05, 3.63) is 21.5 Å². The van der Waals surface area contributed by atoms with E-state index in [4.69, 9.17) is 5.11 Å². The van der Waals surface area contributed by atoms with E-state index in [0.717, 1.165) is 9.32 Å². The van der Waals surface area contributed by atoms with Gasteiger partial charge in [0.2, 0.25) is 0 Å². The number of aromatic carboxylic acids is 1. The Hall–Kier alpha value is -0.170. The molecule has 0 spiro atoms. The Labute approximate surface area is 101 Å². The summed E-state index contributed by atoms with van der Waals surface area (Å²) in [4.78, 5) is 10.9. The van der Waals surface area contributed by atoms with E-state index >= 15 is 0 Å². The molecule has 0 fully saturated rings. The molecule has 0 aliphatic carbocycles. The van der Waals surface area contributed by atoms with Gasteiger partial charge in [-0.2, -0.15) is 11.8 Å². The summed E-state index contributed by atoms with van der Waals surface area (Å²) in [6.07, 6.45) is 3.90. The van der Waals surface area contributed by atoms with Crippen molar-refractivity contribution in [2.24, 2.45) is 0 Å². The maximum Gasteiger partial charge on any atom is 0.352 e. The number of carbonyl (C=O) groups is 1. The SMILES string of the molecule is CSCC(C)n1cc(I)cc1C(=O)O. The molecular weight excluding hydrogens is 313 g/mol. The van der Waals surface area contributed by atoms with E-state index < -0.39 is 5.97 Å². The lowest BCUT2D eigenvalue weighted by atomic mass is 10.3. The third kappa shape index (κ3) is 2.66. The maximum atomic E-state index is 10.9. The van der Waals surface area contributed by atoms with Crippen molar-refractivity contribution in [3.63, 3.8) is 0 Å². The van der Waals surface area contributed by atoms with Crippen LogP contribution in [0.5, 0.6) is 0 Å². The summed E-state index contributed by atoms with van der Waals surface area (Å²) in [6.45, 7) is 2.03. The molecular formula is C9H12INO2S. The lowest BCUT2D eigenvalue weighted by Gasteiger charge is -2.14. The molecule has 0 aromatic carbocycles. The molecule has 78 valence electrons. The maximum absolute atomic E-state index is 10.9. The molecule has 0 saturated carbocycles. The van der Waals surface area contributed by atoms with E-state index in [9.17, 15) is 4.79 Å². The predicted octanol–water partition coefficient (Wildman–Crippen LogP) is 2.71. The van der Waals surface area contributed by atoms with Crippen LogP contribution >= 0.6 is 34.4 Å². The summed E-state index contributed by atoms with van der Waals surface area (Å²) in [6, 6.07) is 1.92. The number of nitrogens with zero attached hydrogens (tertiary/aromatic N) is 1. The van der Waals surface area contributed by atoms with E-state index in [1.54, 1.807) is 17.8 Å². The second kappa shape index (κ2) is 5.06. The van der Waals surface area contributed by atoms with Gasteiger partial charge in [-0.05, 0) is 41.8 Å². The summed E-state index contributed by atoms with van der Waals surface area (Å²) < 4.78 is 2.79. The zero-order chi connectivity index (χ0) is 10.7. The highest BCUT2D eigenvalue weighted by Gasteiger charge is 2.15. The van der Waals surface area contributed by atoms with E-state index in [1.807, 2.05) is 23.9 Å². The first-order valence-electron chi connectivity index (χ1n) is 4.16. The molecule has 1 atom stereocenters. The topological polar surface area (TPSA) is 42.2 Å². The van der Waals surface area contributed by atoms with Gasteiger partial charge in [-0.3, -0.25) is 0 Å². The van der Waals surface area contributed by atoms with Crippen LogP contribution in [-0.2, 0) is 0 Å². The van der Waals surface area contributed by atoms with Crippen molar-refractivity contribution < 1.29 is 9.90 Å². The number of carboxylic acids is 1. The molecule has 0 amide bonds. The molecule has 0 aliphatic rings. The number of hydrogen-bond acceptors (Lipinski definition) is 2. The van der Waals surface area contributed by atoms with Gasteiger partial charge < -0.3 is 9.67 Å². The third-order valence-corrected chi connectivity index (χ3v) is 3.32. The first kappa shape index (κ1) is 11.9. The lowest BCUT2D eigenvalue weighted by Crippen LogP contribution is -2.13. The summed E-state index contributed by atoms with van der Waals surface area (Å²) in [7, 11) is 0. The smallest absolute Gasteiger partial charge is 0.352 e. The van der Waals surface area contributed by atoms with Crippen molar-refractivity contribution in [1.29, 1.82) is 0 Å². The lowest BCUT2D eigenvalue weighted by molar-refractivity contribution is 0.0683. The normalized spacial score (nSPS) is 12.8. The number of thioether (sulfide) groups is 1.